The fourth-order valence-electron chi connectivity index (χ4n) is 3.74. The molecular formula is C22H28N2O4S. The van der Waals surface area contributed by atoms with Gasteiger partial charge in [-0.2, -0.15) is 4.31 Å². The lowest BCUT2D eigenvalue weighted by atomic mass is 9.98. The van der Waals surface area contributed by atoms with Crippen LogP contribution in [0, 0.1) is 26.7 Å². The molecule has 2 aromatic carbocycles. The molecule has 1 fully saturated rings. The molecule has 1 aliphatic rings. The number of ether oxygens (including phenoxy) is 1. The Morgan fingerprint density at radius 2 is 1.83 bits per heavy atom. The summed E-state index contributed by atoms with van der Waals surface area (Å²) < 4.78 is 33.2. The molecule has 0 bridgehead atoms. The van der Waals surface area contributed by atoms with Crippen molar-refractivity contribution in [2.75, 3.05) is 25.5 Å². The minimum absolute atomic E-state index is 0.140. The van der Waals surface area contributed by atoms with Crippen molar-refractivity contribution in [2.24, 2.45) is 5.92 Å². The number of amides is 1. The van der Waals surface area contributed by atoms with E-state index in [1.165, 1.54) is 11.4 Å². The Kier molecular flexibility index (Phi) is 6.29. The van der Waals surface area contributed by atoms with E-state index in [4.69, 9.17) is 4.74 Å². The van der Waals surface area contributed by atoms with E-state index in [0.29, 0.717) is 25.1 Å². The van der Waals surface area contributed by atoms with Crippen molar-refractivity contribution in [1.29, 1.82) is 0 Å². The van der Waals surface area contributed by atoms with Gasteiger partial charge in [0.05, 0.1) is 13.0 Å². The maximum atomic E-state index is 13.3. The molecule has 7 heteroatoms. The van der Waals surface area contributed by atoms with Gasteiger partial charge in [0.25, 0.3) is 0 Å². The van der Waals surface area contributed by atoms with Crippen molar-refractivity contribution in [3.63, 3.8) is 0 Å². The molecule has 29 heavy (non-hydrogen) atoms. The molecule has 1 unspecified atom stereocenters. The lowest BCUT2D eigenvalue weighted by Gasteiger charge is -2.31. The SMILES string of the molecule is COc1ccc(C)cc1S(=O)(=O)N1CCCC(C(=O)Nc2c(C)cccc2C)C1. The highest BCUT2D eigenvalue weighted by atomic mass is 32.2. The van der Waals surface area contributed by atoms with Crippen LogP contribution in [0.25, 0.3) is 0 Å². The normalized spacial score (nSPS) is 17.7. The molecule has 2 aromatic rings. The van der Waals surface area contributed by atoms with Gasteiger partial charge < -0.3 is 10.1 Å². The average molecular weight is 417 g/mol. The second-order valence-electron chi connectivity index (χ2n) is 7.61. The number of nitrogens with one attached hydrogen (secondary N) is 1. The molecule has 6 nitrogen and oxygen atoms in total. The number of benzene rings is 2. The molecule has 0 spiro atoms. The highest BCUT2D eigenvalue weighted by Gasteiger charge is 2.35. The number of anilines is 1. The first-order valence-electron chi connectivity index (χ1n) is 9.76. The van der Waals surface area contributed by atoms with Crippen LogP contribution in [0.3, 0.4) is 0 Å². The van der Waals surface area contributed by atoms with E-state index < -0.39 is 15.9 Å². The van der Waals surface area contributed by atoms with Crippen LogP contribution in [0.5, 0.6) is 5.75 Å². The smallest absolute Gasteiger partial charge is 0.246 e. The molecule has 1 saturated heterocycles. The Labute approximate surface area is 172 Å². The van der Waals surface area contributed by atoms with Gasteiger partial charge in [-0.1, -0.05) is 24.3 Å². The fourth-order valence-corrected chi connectivity index (χ4v) is 5.50. The van der Waals surface area contributed by atoms with Gasteiger partial charge in [0.2, 0.25) is 15.9 Å². The molecular weight excluding hydrogens is 388 g/mol. The standard InChI is InChI=1S/C22H28N2O4S/c1-15-10-11-19(28-4)20(13-15)29(26,27)24-12-6-9-18(14-24)22(25)23-21-16(2)7-5-8-17(21)3/h5,7-8,10-11,13,18H,6,9,12,14H2,1-4H3,(H,23,25). The van der Waals surface area contributed by atoms with Gasteiger partial charge in [-0.3, -0.25) is 4.79 Å². The molecule has 156 valence electrons. The van der Waals surface area contributed by atoms with Crippen LogP contribution in [-0.2, 0) is 14.8 Å². The minimum atomic E-state index is -3.75. The largest absolute Gasteiger partial charge is 0.495 e. The van der Waals surface area contributed by atoms with Crippen molar-refractivity contribution in [1.82, 2.24) is 4.31 Å². The first-order valence-corrected chi connectivity index (χ1v) is 11.2. The number of piperidine rings is 1. The third kappa shape index (κ3) is 4.46. The molecule has 1 N–H and O–H groups in total. The number of sulfonamides is 1. The summed E-state index contributed by atoms with van der Waals surface area (Å²) in [5, 5.41) is 3.01. The predicted molar refractivity (Wildman–Crippen MR) is 114 cm³/mol. The van der Waals surface area contributed by atoms with Gasteiger partial charge in [-0.25, -0.2) is 8.42 Å². The van der Waals surface area contributed by atoms with E-state index in [0.717, 1.165) is 22.4 Å². The van der Waals surface area contributed by atoms with Crippen LogP contribution in [0.15, 0.2) is 41.3 Å². The zero-order chi connectivity index (χ0) is 21.2. The zero-order valence-electron chi connectivity index (χ0n) is 17.4. The zero-order valence-corrected chi connectivity index (χ0v) is 18.2. The van der Waals surface area contributed by atoms with Gasteiger partial charge in [-0.15, -0.1) is 0 Å². The van der Waals surface area contributed by atoms with Crippen LogP contribution < -0.4 is 10.1 Å². The van der Waals surface area contributed by atoms with Crippen molar-refractivity contribution < 1.29 is 17.9 Å². The molecule has 0 radical (unpaired) electrons. The van der Waals surface area contributed by atoms with Gasteiger partial charge in [0.15, 0.2) is 0 Å². The summed E-state index contributed by atoms with van der Waals surface area (Å²) in [5.41, 5.74) is 3.62. The van der Waals surface area contributed by atoms with Gasteiger partial charge >= 0.3 is 0 Å². The van der Waals surface area contributed by atoms with Crippen molar-refractivity contribution in [3.8, 4) is 5.75 Å². The Morgan fingerprint density at radius 1 is 1.14 bits per heavy atom. The Bertz CT molecular complexity index is 997. The molecule has 1 amide bonds. The highest BCUT2D eigenvalue weighted by molar-refractivity contribution is 7.89. The minimum Gasteiger partial charge on any atom is -0.495 e. The average Bonchev–Trinajstić information content (AvgIpc) is 2.70. The molecule has 1 heterocycles. The lowest BCUT2D eigenvalue weighted by Crippen LogP contribution is -2.43. The summed E-state index contributed by atoms with van der Waals surface area (Å²) in [7, 11) is -2.30. The third-order valence-corrected chi connectivity index (χ3v) is 7.31. The molecule has 0 aromatic heterocycles. The van der Waals surface area contributed by atoms with Crippen molar-refractivity contribution >= 4 is 21.6 Å². The molecule has 1 aliphatic heterocycles. The lowest BCUT2D eigenvalue weighted by molar-refractivity contribution is -0.120. The summed E-state index contributed by atoms with van der Waals surface area (Å²) in [6.07, 6.45) is 1.30. The van der Waals surface area contributed by atoms with E-state index in [1.54, 1.807) is 12.1 Å². The van der Waals surface area contributed by atoms with Crippen LogP contribution in [0.2, 0.25) is 0 Å². The van der Waals surface area contributed by atoms with E-state index >= 15 is 0 Å². The number of aryl methyl sites for hydroxylation is 3. The number of carbonyl (C=O) groups is 1. The van der Waals surface area contributed by atoms with Crippen LogP contribution in [0.4, 0.5) is 5.69 Å². The van der Waals surface area contributed by atoms with Gasteiger partial charge in [0.1, 0.15) is 10.6 Å². The van der Waals surface area contributed by atoms with Crippen molar-refractivity contribution in [2.45, 2.75) is 38.5 Å². The quantitative estimate of drug-likeness (QED) is 0.807. The van der Waals surface area contributed by atoms with E-state index in [2.05, 4.69) is 5.32 Å². The molecule has 3 rings (SSSR count). The Hall–Kier alpha value is -2.38. The summed E-state index contributed by atoms with van der Waals surface area (Å²) in [5.74, 6) is -0.218. The third-order valence-electron chi connectivity index (χ3n) is 5.42. The number of carbonyl (C=O) groups excluding carboxylic acids is 1. The van der Waals surface area contributed by atoms with Crippen LogP contribution in [-0.4, -0.2) is 38.8 Å². The summed E-state index contributed by atoms with van der Waals surface area (Å²) >= 11 is 0. The van der Waals surface area contributed by atoms with Gasteiger partial charge in [0, 0.05) is 18.8 Å². The second-order valence-corrected chi connectivity index (χ2v) is 9.52. The number of para-hydroxylation sites is 1. The predicted octanol–water partition coefficient (Wildman–Crippen LogP) is 3.66. The molecule has 0 saturated carbocycles. The summed E-state index contributed by atoms with van der Waals surface area (Å²) in [6, 6.07) is 10.9. The van der Waals surface area contributed by atoms with Crippen molar-refractivity contribution in [3.05, 3.63) is 53.1 Å². The van der Waals surface area contributed by atoms with E-state index in [9.17, 15) is 13.2 Å². The first-order chi connectivity index (χ1) is 13.7. The maximum absolute atomic E-state index is 13.3. The van der Waals surface area contributed by atoms with E-state index in [1.807, 2.05) is 45.0 Å². The number of hydrogen-bond donors (Lipinski definition) is 1. The van der Waals surface area contributed by atoms with Gasteiger partial charge in [-0.05, 0) is 62.4 Å². The Balaban J connectivity index is 1.82. The summed E-state index contributed by atoms with van der Waals surface area (Å²) in [6.45, 7) is 6.30. The number of methoxy groups -OCH3 is 1. The Morgan fingerprint density at radius 3 is 2.48 bits per heavy atom. The highest BCUT2D eigenvalue weighted by Crippen LogP contribution is 2.31. The first kappa shape index (κ1) is 21.3. The maximum Gasteiger partial charge on any atom is 0.246 e. The number of nitrogens with zero attached hydrogens (tertiary/aromatic N) is 1. The number of rotatable bonds is 5. The second kappa shape index (κ2) is 8.55. The number of hydrogen-bond acceptors (Lipinski definition) is 4. The fraction of sp³-hybridized carbons (Fsp3) is 0.409. The van der Waals surface area contributed by atoms with Crippen LogP contribution >= 0.6 is 0 Å². The molecule has 1 atom stereocenters. The topological polar surface area (TPSA) is 75.7 Å². The van der Waals surface area contributed by atoms with Crippen LogP contribution in [0.1, 0.15) is 29.5 Å². The summed E-state index contributed by atoms with van der Waals surface area (Å²) in [4.78, 5) is 13.0. The monoisotopic (exact) mass is 416 g/mol. The molecule has 0 aliphatic carbocycles. The van der Waals surface area contributed by atoms with E-state index in [-0.39, 0.29) is 17.3 Å².